The summed E-state index contributed by atoms with van der Waals surface area (Å²) in [5, 5.41) is 2.68. The second-order valence-electron chi connectivity index (χ2n) is 6.12. The molecule has 5 nitrogen and oxygen atoms in total. The molecule has 24 heavy (non-hydrogen) atoms. The number of benzene rings is 1. The Kier molecular flexibility index (Phi) is 4.48. The van der Waals surface area contributed by atoms with E-state index in [2.05, 4.69) is 31.0 Å². The number of nitrogens with one attached hydrogen (secondary N) is 1. The molecule has 1 amide bonds. The van der Waals surface area contributed by atoms with Gasteiger partial charge in [-0.25, -0.2) is 0 Å². The fraction of sp³-hybridized carbons (Fsp3) is 0.316. The van der Waals surface area contributed by atoms with Crippen LogP contribution in [-0.4, -0.2) is 24.7 Å². The topological polar surface area (TPSA) is 60.7 Å². The average Bonchev–Trinajstić information content (AvgIpc) is 3.16. The molecule has 1 aromatic heterocycles. The lowest BCUT2D eigenvalue weighted by molar-refractivity contribution is 0.0958. The minimum atomic E-state index is -0.213. The molecule has 0 aliphatic carbocycles. The molecular weight excluding hydrogens is 306 g/mol. The Labute approximate surface area is 140 Å². The molecule has 0 radical (unpaired) electrons. The lowest BCUT2D eigenvalue weighted by Crippen LogP contribution is -2.24. The van der Waals surface area contributed by atoms with E-state index in [1.54, 1.807) is 6.07 Å². The highest BCUT2D eigenvalue weighted by Gasteiger charge is 2.32. The molecule has 124 valence electrons. The van der Waals surface area contributed by atoms with Gasteiger partial charge >= 0.3 is 0 Å². The van der Waals surface area contributed by atoms with Crippen molar-refractivity contribution in [3.05, 3.63) is 47.9 Å². The summed E-state index contributed by atoms with van der Waals surface area (Å²) < 4.78 is 16.5. The molecule has 2 aromatic rings. The Morgan fingerprint density at radius 3 is 3.00 bits per heavy atom. The maximum atomic E-state index is 11.7. The highest BCUT2D eigenvalue weighted by Crippen LogP contribution is 2.41. The predicted octanol–water partition coefficient (Wildman–Crippen LogP) is 2.81. The van der Waals surface area contributed by atoms with Crippen molar-refractivity contribution in [1.82, 2.24) is 5.32 Å². The van der Waals surface area contributed by atoms with Crippen LogP contribution in [0.1, 0.15) is 29.8 Å². The van der Waals surface area contributed by atoms with Crippen molar-refractivity contribution in [2.24, 2.45) is 0 Å². The van der Waals surface area contributed by atoms with Gasteiger partial charge in [-0.15, -0.1) is 0 Å². The summed E-state index contributed by atoms with van der Waals surface area (Å²) in [4.78, 5) is 11.7. The lowest BCUT2D eigenvalue weighted by atomic mass is 10.0. The largest absolute Gasteiger partial charge is 0.483 e. The number of hydrogen-bond acceptors (Lipinski definition) is 4. The number of para-hydroxylation sites is 1. The molecule has 0 atom stereocenters. The summed E-state index contributed by atoms with van der Waals surface area (Å²) >= 11 is 0. The smallest absolute Gasteiger partial charge is 0.255 e. The summed E-state index contributed by atoms with van der Waals surface area (Å²) in [7, 11) is 0. The van der Waals surface area contributed by atoms with Crippen LogP contribution in [0.3, 0.4) is 0 Å². The van der Waals surface area contributed by atoms with Crippen LogP contribution in [0.2, 0.25) is 0 Å². The van der Waals surface area contributed by atoms with Gasteiger partial charge in [0.25, 0.3) is 5.91 Å². The number of carbonyl (C=O) groups excluding carboxylic acids is 1. The third kappa shape index (κ3) is 3.72. The van der Waals surface area contributed by atoms with Crippen molar-refractivity contribution >= 4 is 5.91 Å². The van der Waals surface area contributed by atoms with Gasteiger partial charge in [-0.3, -0.25) is 4.79 Å². The van der Waals surface area contributed by atoms with E-state index >= 15 is 0 Å². The SMILES string of the molecule is CC1(C)Cc2cccc(OCC#CCNC(=O)c3ccoc3)c2O1. The van der Waals surface area contributed by atoms with E-state index in [0.29, 0.717) is 11.3 Å². The van der Waals surface area contributed by atoms with Crippen LogP contribution in [0.25, 0.3) is 0 Å². The first-order valence-corrected chi connectivity index (χ1v) is 7.75. The fourth-order valence-corrected chi connectivity index (χ4v) is 2.55. The zero-order valence-electron chi connectivity index (χ0n) is 13.7. The molecule has 1 aromatic carbocycles. The summed E-state index contributed by atoms with van der Waals surface area (Å²) in [6.45, 7) is 4.60. The summed E-state index contributed by atoms with van der Waals surface area (Å²) in [6, 6.07) is 7.48. The number of rotatable bonds is 4. The van der Waals surface area contributed by atoms with E-state index < -0.39 is 0 Å². The van der Waals surface area contributed by atoms with Gasteiger partial charge in [0.15, 0.2) is 11.5 Å². The Hall–Kier alpha value is -2.87. The van der Waals surface area contributed by atoms with Crippen molar-refractivity contribution in [3.63, 3.8) is 0 Å². The molecule has 3 rings (SSSR count). The van der Waals surface area contributed by atoms with Gasteiger partial charge in [0.2, 0.25) is 0 Å². The first kappa shape index (κ1) is 16.0. The monoisotopic (exact) mass is 325 g/mol. The van der Waals surface area contributed by atoms with E-state index in [0.717, 1.165) is 17.7 Å². The van der Waals surface area contributed by atoms with Gasteiger partial charge in [-0.1, -0.05) is 24.0 Å². The van der Waals surface area contributed by atoms with Crippen LogP contribution < -0.4 is 14.8 Å². The van der Waals surface area contributed by atoms with Crippen molar-refractivity contribution in [2.75, 3.05) is 13.2 Å². The molecule has 0 spiro atoms. The third-order valence-corrected chi connectivity index (χ3v) is 3.60. The lowest BCUT2D eigenvalue weighted by Gasteiger charge is -2.17. The van der Waals surface area contributed by atoms with Crippen molar-refractivity contribution < 1.29 is 18.7 Å². The standard InChI is InChI=1S/C19H19NO4/c1-19(2)12-14-6-5-7-16(17(14)24-19)23-10-4-3-9-20-18(21)15-8-11-22-13-15/h5-8,11,13H,9-10,12H2,1-2H3,(H,20,21). The average molecular weight is 325 g/mol. The van der Waals surface area contributed by atoms with E-state index in [1.807, 2.05) is 18.2 Å². The Morgan fingerprint density at radius 1 is 1.33 bits per heavy atom. The van der Waals surface area contributed by atoms with Gasteiger partial charge in [0.1, 0.15) is 18.5 Å². The first-order valence-electron chi connectivity index (χ1n) is 7.75. The second-order valence-corrected chi connectivity index (χ2v) is 6.12. The van der Waals surface area contributed by atoms with Crippen LogP contribution >= 0.6 is 0 Å². The molecule has 0 unspecified atom stereocenters. The maximum Gasteiger partial charge on any atom is 0.255 e. The van der Waals surface area contributed by atoms with Crippen LogP contribution in [0.15, 0.2) is 41.2 Å². The number of furan rings is 1. The van der Waals surface area contributed by atoms with Crippen LogP contribution in [0.5, 0.6) is 11.5 Å². The number of ether oxygens (including phenoxy) is 2. The van der Waals surface area contributed by atoms with E-state index in [4.69, 9.17) is 13.9 Å². The van der Waals surface area contributed by atoms with Crippen molar-refractivity contribution in [1.29, 1.82) is 0 Å². The van der Waals surface area contributed by atoms with Gasteiger partial charge in [-0.05, 0) is 26.0 Å². The van der Waals surface area contributed by atoms with Gasteiger partial charge in [-0.2, -0.15) is 0 Å². The number of fused-ring (bicyclic) bond motifs is 1. The van der Waals surface area contributed by atoms with Gasteiger partial charge < -0.3 is 19.2 Å². The normalized spacial score (nSPS) is 14.1. The minimum Gasteiger partial charge on any atom is -0.483 e. The van der Waals surface area contributed by atoms with Gasteiger partial charge in [0, 0.05) is 12.0 Å². The third-order valence-electron chi connectivity index (χ3n) is 3.60. The molecule has 1 aliphatic heterocycles. The van der Waals surface area contributed by atoms with Gasteiger partial charge in [0.05, 0.1) is 18.4 Å². The summed E-state index contributed by atoms with van der Waals surface area (Å²) in [5.74, 6) is 7.03. The highest BCUT2D eigenvalue weighted by atomic mass is 16.5. The van der Waals surface area contributed by atoms with Crippen molar-refractivity contribution in [3.8, 4) is 23.3 Å². The van der Waals surface area contributed by atoms with E-state index in [9.17, 15) is 4.79 Å². The number of carbonyl (C=O) groups is 1. The van der Waals surface area contributed by atoms with E-state index in [-0.39, 0.29) is 24.7 Å². The molecule has 5 heteroatoms. The molecule has 1 N–H and O–H groups in total. The predicted molar refractivity (Wildman–Crippen MR) is 89.2 cm³/mol. The molecule has 0 bridgehead atoms. The molecule has 0 fully saturated rings. The molecule has 2 heterocycles. The van der Waals surface area contributed by atoms with Crippen molar-refractivity contribution in [2.45, 2.75) is 25.9 Å². The molecular formula is C19H19NO4. The Bertz CT molecular complexity index is 781. The fourth-order valence-electron chi connectivity index (χ4n) is 2.55. The van der Waals surface area contributed by atoms with Crippen LogP contribution in [0, 0.1) is 11.8 Å². The minimum absolute atomic E-state index is 0.204. The highest BCUT2D eigenvalue weighted by molar-refractivity contribution is 5.93. The first-order chi connectivity index (χ1) is 11.6. The van der Waals surface area contributed by atoms with E-state index in [1.165, 1.54) is 12.5 Å². The number of hydrogen-bond donors (Lipinski definition) is 1. The maximum absolute atomic E-state index is 11.7. The van der Waals surface area contributed by atoms with Crippen LogP contribution in [-0.2, 0) is 6.42 Å². The quantitative estimate of drug-likeness (QED) is 0.878. The zero-order chi connectivity index (χ0) is 17.0. The van der Waals surface area contributed by atoms with Crippen LogP contribution in [0.4, 0.5) is 0 Å². The zero-order valence-corrected chi connectivity index (χ0v) is 13.7. The molecule has 1 aliphatic rings. The summed E-state index contributed by atoms with van der Waals surface area (Å²) in [6.07, 6.45) is 3.71. The summed E-state index contributed by atoms with van der Waals surface area (Å²) in [5.41, 5.74) is 1.43. The Balaban J connectivity index is 1.48. The Morgan fingerprint density at radius 2 is 2.21 bits per heavy atom. The number of amides is 1. The second kappa shape index (κ2) is 6.71. The molecule has 0 saturated carbocycles. The molecule has 0 saturated heterocycles.